The van der Waals surface area contributed by atoms with E-state index in [-0.39, 0.29) is 5.91 Å². The SMILES string of the molecule is COc1cc(Cl)c(C)cc1N1CCCC(N)C1=O. The number of halogens is 1. The second-order valence-electron chi connectivity index (χ2n) is 4.51. The summed E-state index contributed by atoms with van der Waals surface area (Å²) in [4.78, 5) is 13.8. The molecule has 0 bridgehead atoms. The zero-order valence-corrected chi connectivity index (χ0v) is 11.3. The van der Waals surface area contributed by atoms with Gasteiger partial charge in [0, 0.05) is 17.6 Å². The molecule has 1 amide bonds. The number of hydrogen-bond acceptors (Lipinski definition) is 3. The van der Waals surface area contributed by atoms with E-state index in [4.69, 9.17) is 22.1 Å². The fourth-order valence-electron chi connectivity index (χ4n) is 2.16. The maximum atomic E-state index is 12.1. The van der Waals surface area contributed by atoms with Gasteiger partial charge in [-0.1, -0.05) is 11.6 Å². The molecule has 1 saturated heterocycles. The van der Waals surface area contributed by atoms with E-state index in [1.54, 1.807) is 18.1 Å². The third-order valence-corrected chi connectivity index (χ3v) is 3.64. The second kappa shape index (κ2) is 5.16. The quantitative estimate of drug-likeness (QED) is 0.894. The minimum absolute atomic E-state index is 0.0544. The number of rotatable bonds is 2. The molecule has 1 fully saturated rings. The van der Waals surface area contributed by atoms with E-state index in [9.17, 15) is 4.79 Å². The van der Waals surface area contributed by atoms with Crippen LogP contribution in [0, 0.1) is 6.92 Å². The molecular weight excluding hydrogens is 252 g/mol. The number of hydrogen-bond donors (Lipinski definition) is 1. The van der Waals surface area contributed by atoms with Crippen molar-refractivity contribution in [2.45, 2.75) is 25.8 Å². The smallest absolute Gasteiger partial charge is 0.244 e. The van der Waals surface area contributed by atoms with Crippen LogP contribution in [0.1, 0.15) is 18.4 Å². The van der Waals surface area contributed by atoms with E-state index in [2.05, 4.69) is 0 Å². The Morgan fingerprint density at radius 2 is 2.22 bits per heavy atom. The highest BCUT2D eigenvalue weighted by Crippen LogP contribution is 2.35. The van der Waals surface area contributed by atoms with E-state index in [0.29, 0.717) is 17.3 Å². The number of carbonyl (C=O) groups is 1. The maximum absolute atomic E-state index is 12.1. The number of nitrogens with zero attached hydrogens (tertiary/aromatic N) is 1. The fourth-order valence-corrected chi connectivity index (χ4v) is 2.32. The predicted octanol–water partition coefficient (Wildman–Crippen LogP) is 2.11. The Labute approximate surface area is 112 Å². The van der Waals surface area contributed by atoms with Crippen LogP contribution in [0.2, 0.25) is 5.02 Å². The Bertz CT molecular complexity index is 476. The summed E-state index contributed by atoms with van der Waals surface area (Å²) in [7, 11) is 1.57. The van der Waals surface area contributed by atoms with Gasteiger partial charge in [0.25, 0.3) is 0 Å². The van der Waals surface area contributed by atoms with Crippen molar-refractivity contribution in [2.24, 2.45) is 5.73 Å². The van der Waals surface area contributed by atoms with Crippen LogP contribution in [0.4, 0.5) is 5.69 Å². The molecule has 2 rings (SSSR count). The highest BCUT2D eigenvalue weighted by Gasteiger charge is 2.28. The Morgan fingerprint density at radius 1 is 1.50 bits per heavy atom. The molecule has 1 aliphatic heterocycles. The molecule has 1 aromatic rings. The van der Waals surface area contributed by atoms with Crippen molar-refractivity contribution in [2.75, 3.05) is 18.6 Å². The molecule has 5 heteroatoms. The van der Waals surface area contributed by atoms with Crippen molar-refractivity contribution in [1.29, 1.82) is 0 Å². The summed E-state index contributed by atoms with van der Waals surface area (Å²) >= 11 is 6.06. The lowest BCUT2D eigenvalue weighted by molar-refractivity contribution is -0.120. The van der Waals surface area contributed by atoms with E-state index in [1.165, 1.54) is 0 Å². The van der Waals surface area contributed by atoms with Crippen LogP contribution < -0.4 is 15.4 Å². The first-order chi connectivity index (χ1) is 8.54. The molecule has 4 nitrogen and oxygen atoms in total. The zero-order chi connectivity index (χ0) is 13.3. The first-order valence-electron chi connectivity index (χ1n) is 5.95. The summed E-state index contributed by atoms with van der Waals surface area (Å²) in [5.41, 5.74) is 7.47. The van der Waals surface area contributed by atoms with Gasteiger partial charge in [-0.15, -0.1) is 0 Å². The van der Waals surface area contributed by atoms with Crippen molar-refractivity contribution in [3.63, 3.8) is 0 Å². The van der Waals surface area contributed by atoms with E-state index in [0.717, 1.165) is 24.1 Å². The molecule has 0 radical (unpaired) electrons. The summed E-state index contributed by atoms with van der Waals surface area (Å²) in [5, 5.41) is 0.629. The number of ether oxygens (including phenoxy) is 1. The van der Waals surface area contributed by atoms with Crippen molar-refractivity contribution in [1.82, 2.24) is 0 Å². The lowest BCUT2D eigenvalue weighted by atomic mass is 10.0. The van der Waals surface area contributed by atoms with Crippen molar-refractivity contribution < 1.29 is 9.53 Å². The Morgan fingerprint density at radius 3 is 2.89 bits per heavy atom. The van der Waals surface area contributed by atoms with Gasteiger partial charge >= 0.3 is 0 Å². The van der Waals surface area contributed by atoms with Crippen molar-refractivity contribution in [3.05, 3.63) is 22.7 Å². The summed E-state index contributed by atoms with van der Waals surface area (Å²) in [6.07, 6.45) is 1.64. The highest BCUT2D eigenvalue weighted by molar-refractivity contribution is 6.31. The van der Waals surface area contributed by atoms with Crippen LogP contribution in [-0.2, 0) is 4.79 Å². The second-order valence-corrected chi connectivity index (χ2v) is 4.92. The van der Waals surface area contributed by atoms with E-state index < -0.39 is 6.04 Å². The Balaban J connectivity index is 2.43. The number of carbonyl (C=O) groups excluding carboxylic acids is 1. The minimum Gasteiger partial charge on any atom is -0.495 e. The highest BCUT2D eigenvalue weighted by atomic mass is 35.5. The van der Waals surface area contributed by atoms with Gasteiger partial charge in [0.05, 0.1) is 18.8 Å². The van der Waals surface area contributed by atoms with Crippen molar-refractivity contribution >= 4 is 23.2 Å². The molecule has 0 saturated carbocycles. The van der Waals surface area contributed by atoms with E-state index >= 15 is 0 Å². The first-order valence-corrected chi connectivity index (χ1v) is 6.33. The van der Waals surface area contributed by atoms with Gasteiger partial charge < -0.3 is 15.4 Å². The number of methoxy groups -OCH3 is 1. The summed E-state index contributed by atoms with van der Waals surface area (Å²) in [6.45, 7) is 2.57. The first kappa shape index (κ1) is 13.2. The summed E-state index contributed by atoms with van der Waals surface area (Å²) < 4.78 is 5.30. The monoisotopic (exact) mass is 268 g/mol. The standard InChI is InChI=1S/C13H17ClN2O2/c1-8-6-11(12(18-2)7-9(8)14)16-5-3-4-10(15)13(16)17/h6-7,10H,3-5,15H2,1-2H3. The molecule has 98 valence electrons. The molecule has 1 aromatic carbocycles. The van der Waals surface area contributed by atoms with Gasteiger partial charge in [-0.2, -0.15) is 0 Å². The topological polar surface area (TPSA) is 55.6 Å². The predicted molar refractivity (Wildman–Crippen MR) is 72.3 cm³/mol. The maximum Gasteiger partial charge on any atom is 0.244 e. The third-order valence-electron chi connectivity index (χ3n) is 3.23. The Hall–Kier alpha value is -1.26. The molecule has 18 heavy (non-hydrogen) atoms. The molecule has 0 spiro atoms. The van der Waals surface area contributed by atoms with Gasteiger partial charge in [0.2, 0.25) is 5.91 Å². The minimum atomic E-state index is -0.417. The van der Waals surface area contributed by atoms with E-state index in [1.807, 2.05) is 13.0 Å². The fraction of sp³-hybridized carbons (Fsp3) is 0.462. The van der Waals surface area contributed by atoms with Crippen molar-refractivity contribution in [3.8, 4) is 5.75 Å². The normalized spacial score (nSPS) is 20.1. The van der Waals surface area contributed by atoms with Crippen LogP contribution in [0.25, 0.3) is 0 Å². The van der Waals surface area contributed by atoms with Crippen LogP contribution in [0.15, 0.2) is 12.1 Å². The molecule has 1 aliphatic rings. The number of aryl methyl sites for hydroxylation is 1. The number of amides is 1. The number of benzene rings is 1. The average molecular weight is 269 g/mol. The summed E-state index contributed by atoms with van der Waals surface area (Å²) in [5.74, 6) is 0.550. The van der Waals surface area contributed by atoms with Gasteiger partial charge in [-0.05, 0) is 31.4 Å². The molecule has 2 N–H and O–H groups in total. The molecule has 1 heterocycles. The van der Waals surface area contributed by atoms with Crippen LogP contribution in [0.3, 0.4) is 0 Å². The van der Waals surface area contributed by atoms with Gasteiger partial charge in [0.15, 0.2) is 0 Å². The molecule has 0 aliphatic carbocycles. The van der Waals surface area contributed by atoms with Crippen LogP contribution in [0.5, 0.6) is 5.75 Å². The lowest BCUT2D eigenvalue weighted by Gasteiger charge is -2.31. The number of anilines is 1. The molecule has 0 aromatic heterocycles. The Kier molecular flexibility index (Phi) is 3.78. The zero-order valence-electron chi connectivity index (χ0n) is 10.6. The van der Waals surface area contributed by atoms with Crippen LogP contribution >= 0.6 is 11.6 Å². The summed E-state index contributed by atoms with van der Waals surface area (Å²) in [6, 6.07) is 3.19. The van der Waals surface area contributed by atoms with Gasteiger partial charge in [0.1, 0.15) is 5.75 Å². The third kappa shape index (κ3) is 2.31. The van der Waals surface area contributed by atoms with Gasteiger partial charge in [-0.3, -0.25) is 4.79 Å². The largest absolute Gasteiger partial charge is 0.495 e. The lowest BCUT2D eigenvalue weighted by Crippen LogP contribution is -2.48. The van der Waals surface area contributed by atoms with Gasteiger partial charge in [-0.25, -0.2) is 0 Å². The van der Waals surface area contributed by atoms with Crippen LogP contribution in [-0.4, -0.2) is 25.6 Å². The average Bonchev–Trinajstić information content (AvgIpc) is 2.36. The molecule has 1 unspecified atom stereocenters. The molecular formula is C13H17ClN2O2. The molecule has 1 atom stereocenters. The number of nitrogens with two attached hydrogens (primary N) is 1. The number of piperidine rings is 1.